The Kier molecular flexibility index (Phi) is 3.41. The third-order valence-corrected chi connectivity index (χ3v) is 2.05. The van der Waals surface area contributed by atoms with Gasteiger partial charge >= 0.3 is 0 Å². The Morgan fingerprint density at radius 1 is 1.23 bits per heavy atom. The van der Waals surface area contributed by atoms with Crippen LogP contribution >= 0.6 is 0 Å². The zero-order valence-electron chi connectivity index (χ0n) is 6.92. The van der Waals surface area contributed by atoms with Crippen molar-refractivity contribution in [1.82, 2.24) is 0 Å². The van der Waals surface area contributed by atoms with Crippen LogP contribution in [-0.4, -0.2) is 17.3 Å². The second kappa shape index (κ2) is 4.58. The first-order valence-electron chi connectivity index (χ1n) is 4.02. The highest BCUT2D eigenvalue weighted by Gasteiger charge is 2.24. The summed E-state index contributed by atoms with van der Waals surface area (Å²) < 4.78 is 0. The van der Waals surface area contributed by atoms with E-state index >= 15 is 0 Å². The van der Waals surface area contributed by atoms with Crippen LogP contribution in [0.15, 0.2) is 5.34 Å². The van der Waals surface area contributed by atoms with Crippen molar-refractivity contribution < 1.29 is 14.8 Å². The molecule has 0 unspecified atom stereocenters. The van der Waals surface area contributed by atoms with Crippen molar-refractivity contribution >= 4 is 0 Å². The van der Waals surface area contributed by atoms with Crippen molar-refractivity contribution in [1.29, 1.82) is 0 Å². The fourth-order valence-electron chi connectivity index (χ4n) is 1.43. The summed E-state index contributed by atoms with van der Waals surface area (Å²) in [4.78, 5) is 28.5. The second-order valence-corrected chi connectivity index (χ2v) is 2.91. The minimum absolute atomic E-state index is 0.205. The van der Waals surface area contributed by atoms with Crippen LogP contribution in [0.5, 0.6) is 0 Å². The number of hydrogen-bond acceptors (Lipinski definition) is 6. The first-order valence-corrected chi connectivity index (χ1v) is 4.02. The summed E-state index contributed by atoms with van der Waals surface area (Å²) in [5.41, 5.74) is 0. The molecule has 0 spiro atoms. The maximum Gasteiger partial charge on any atom is 0.294 e. The van der Waals surface area contributed by atoms with Gasteiger partial charge in [-0.2, -0.15) is 0 Å². The molecule has 0 amide bonds. The smallest absolute Gasteiger partial charge is 0.294 e. The minimum atomic E-state index is -0.788. The summed E-state index contributed by atoms with van der Waals surface area (Å²) >= 11 is 0. The lowest BCUT2D eigenvalue weighted by atomic mass is 9.95. The molecule has 0 atom stereocenters. The molecule has 1 fully saturated rings. The number of hydrogen-bond donors (Lipinski definition) is 0. The van der Waals surface area contributed by atoms with E-state index in [0.717, 1.165) is 0 Å². The number of rotatable bonds is 4. The molecule has 0 bridgehead atoms. The van der Waals surface area contributed by atoms with Gasteiger partial charge in [0.1, 0.15) is 12.2 Å². The molecule has 1 saturated carbocycles. The van der Waals surface area contributed by atoms with Crippen molar-refractivity contribution in [3.8, 4) is 0 Å². The predicted octanol–water partition coefficient (Wildman–Crippen LogP) is 1.20. The largest absolute Gasteiger partial charge is 0.361 e. The van der Waals surface area contributed by atoms with Crippen LogP contribution in [0.1, 0.15) is 25.7 Å². The van der Waals surface area contributed by atoms with Gasteiger partial charge in [-0.1, -0.05) is 0 Å². The van der Waals surface area contributed by atoms with E-state index in [-0.39, 0.29) is 12.2 Å². The molecule has 0 N–H and O–H groups in total. The maximum atomic E-state index is 9.96. The second-order valence-electron chi connectivity index (χ2n) is 2.91. The molecule has 13 heavy (non-hydrogen) atoms. The van der Waals surface area contributed by atoms with E-state index in [9.17, 15) is 15.0 Å². The molecule has 1 aliphatic rings. The van der Waals surface area contributed by atoms with Gasteiger partial charge in [0.15, 0.2) is 5.34 Å². The van der Waals surface area contributed by atoms with Crippen LogP contribution in [0.2, 0.25) is 0 Å². The van der Waals surface area contributed by atoms with Gasteiger partial charge in [-0.3, -0.25) is 0 Å². The fourth-order valence-corrected chi connectivity index (χ4v) is 1.43. The van der Waals surface area contributed by atoms with Crippen LogP contribution < -0.4 is 0 Å². The van der Waals surface area contributed by atoms with E-state index in [1.165, 1.54) is 0 Å². The molecule has 0 saturated heterocycles. The van der Waals surface area contributed by atoms with Crippen LogP contribution in [0.4, 0.5) is 0 Å². The first kappa shape index (κ1) is 9.69. The molecule has 1 aliphatic carbocycles. The summed E-state index contributed by atoms with van der Waals surface area (Å²) in [5.74, 6) is 0. The average Bonchev–Trinajstić information content (AvgIpc) is 2.08. The summed E-state index contributed by atoms with van der Waals surface area (Å²) in [5, 5.41) is 11.5. The fraction of sp³-hybridized carbons (Fsp3) is 1.00. The van der Waals surface area contributed by atoms with E-state index in [4.69, 9.17) is 0 Å². The highest BCUT2D eigenvalue weighted by molar-refractivity contribution is 4.71. The van der Waals surface area contributed by atoms with Crippen LogP contribution in [0, 0.1) is 15.0 Å². The lowest BCUT2D eigenvalue weighted by Crippen LogP contribution is -2.27. The highest BCUT2D eigenvalue weighted by atomic mass is 17.0. The zero-order valence-corrected chi connectivity index (χ0v) is 6.92. The van der Waals surface area contributed by atoms with E-state index in [1.807, 2.05) is 0 Å². The van der Waals surface area contributed by atoms with Gasteiger partial charge in [-0.25, -0.2) is 0 Å². The van der Waals surface area contributed by atoms with Gasteiger partial charge < -0.3 is 9.68 Å². The lowest BCUT2D eigenvalue weighted by Gasteiger charge is -2.24. The average molecular weight is 190 g/mol. The van der Waals surface area contributed by atoms with Crippen molar-refractivity contribution in [2.45, 2.75) is 37.9 Å². The van der Waals surface area contributed by atoms with Gasteiger partial charge in [-0.05, 0) is 25.7 Å². The van der Waals surface area contributed by atoms with E-state index in [0.29, 0.717) is 25.7 Å². The van der Waals surface area contributed by atoms with Gasteiger partial charge in [0, 0.05) is 0 Å². The quantitative estimate of drug-likeness (QED) is 0.377. The normalized spacial score (nSPS) is 27.7. The monoisotopic (exact) mass is 190 g/mol. The van der Waals surface area contributed by atoms with Crippen LogP contribution in [0.25, 0.3) is 0 Å². The predicted molar refractivity (Wildman–Crippen MR) is 41.0 cm³/mol. The van der Waals surface area contributed by atoms with E-state index < -0.39 is 5.09 Å². The van der Waals surface area contributed by atoms with Gasteiger partial charge in [0.25, 0.3) is 5.09 Å². The molecular formula is C6H10N2O5. The topological polar surface area (TPSA) is 91.0 Å². The molecule has 0 aromatic heterocycles. The SMILES string of the molecule is O=NOC1CCC(O[N+](=O)[O-])CC1. The molecule has 7 heteroatoms. The molecule has 1 rings (SSSR count). The third-order valence-electron chi connectivity index (χ3n) is 2.05. The van der Waals surface area contributed by atoms with Crippen molar-refractivity contribution in [2.75, 3.05) is 0 Å². The Morgan fingerprint density at radius 3 is 2.23 bits per heavy atom. The first-order chi connectivity index (χ1) is 6.22. The van der Waals surface area contributed by atoms with Crippen LogP contribution in [0.3, 0.4) is 0 Å². The molecule has 0 aromatic carbocycles. The van der Waals surface area contributed by atoms with Crippen molar-refractivity contribution in [3.05, 3.63) is 15.0 Å². The third kappa shape index (κ3) is 3.22. The Bertz CT molecular complexity index is 189. The standard InChI is InChI=1S/C6H10N2O5/c9-7-12-5-1-3-6(4-2-5)13-8(10)11/h5-6H,1-4H2. The molecule has 0 radical (unpaired) electrons. The highest BCUT2D eigenvalue weighted by Crippen LogP contribution is 2.23. The molecular weight excluding hydrogens is 180 g/mol. The Morgan fingerprint density at radius 2 is 1.77 bits per heavy atom. The molecule has 7 nitrogen and oxygen atoms in total. The lowest BCUT2D eigenvalue weighted by molar-refractivity contribution is -0.769. The van der Waals surface area contributed by atoms with Gasteiger partial charge in [0.2, 0.25) is 0 Å². The molecule has 0 aromatic rings. The van der Waals surface area contributed by atoms with Crippen LogP contribution in [-0.2, 0) is 9.68 Å². The van der Waals surface area contributed by atoms with Crippen molar-refractivity contribution in [3.63, 3.8) is 0 Å². The molecule has 0 aliphatic heterocycles. The minimum Gasteiger partial charge on any atom is -0.361 e. The van der Waals surface area contributed by atoms with E-state index in [1.54, 1.807) is 0 Å². The Hall–Kier alpha value is -1.40. The Balaban J connectivity index is 2.22. The molecule has 74 valence electrons. The van der Waals surface area contributed by atoms with Crippen molar-refractivity contribution in [2.24, 2.45) is 5.34 Å². The Labute approximate surface area is 74.0 Å². The summed E-state index contributed by atoms with van der Waals surface area (Å²) in [7, 11) is 0. The number of nitrogens with zero attached hydrogens (tertiary/aromatic N) is 2. The summed E-state index contributed by atoms with van der Waals surface area (Å²) in [6.45, 7) is 0. The van der Waals surface area contributed by atoms with Gasteiger partial charge in [-0.15, -0.1) is 15.0 Å². The maximum absolute atomic E-state index is 9.96. The molecule has 0 heterocycles. The van der Waals surface area contributed by atoms with Gasteiger partial charge in [0.05, 0.1) is 0 Å². The van der Waals surface area contributed by atoms with E-state index in [2.05, 4.69) is 15.0 Å². The summed E-state index contributed by atoms with van der Waals surface area (Å²) in [6.07, 6.45) is 1.64. The summed E-state index contributed by atoms with van der Waals surface area (Å²) in [6, 6.07) is 0. The zero-order chi connectivity index (χ0) is 9.68.